The van der Waals surface area contributed by atoms with E-state index in [0.717, 1.165) is 36.0 Å². The number of oxazole rings is 1. The lowest BCUT2D eigenvalue weighted by Gasteiger charge is -2.38. The Morgan fingerprint density at radius 3 is 2.69 bits per heavy atom. The fraction of sp³-hybridized carbons (Fsp3) is 0.393. The maximum absolute atomic E-state index is 14.2. The van der Waals surface area contributed by atoms with E-state index < -0.39 is 0 Å². The van der Waals surface area contributed by atoms with Gasteiger partial charge in [0.15, 0.2) is 12.3 Å². The molecule has 2 amide bonds. The molecular formula is C28H30FN3O4. The smallest absolute Gasteiger partial charge is 0.275 e. The number of halogens is 1. The fourth-order valence-corrected chi connectivity index (χ4v) is 4.81. The molecule has 2 aromatic carbocycles. The molecule has 0 radical (unpaired) electrons. The normalized spacial score (nSPS) is 17.0. The van der Waals surface area contributed by atoms with E-state index in [1.54, 1.807) is 11.0 Å². The number of fused-ring (bicyclic) bond motifs is 1. The summed E-state index contributed by atoms with van der Waals surface area (Å²) in [6.07, 6.45) is 3.91. The number of carbonyl (C=O) groups excluding carboxylic acids is 2. The van der Waals surface area contributed by atoms with Crippen molar-refractivity contribution in [2.75, 3.05) is 19.6 Å². The van der Waals surface area contributed by atoms with Crippen molar-refractivity contribution in [3.8, 4) is 5.75 Å². The van der Waals surface area contributed by atoms with Gasteiger partial charge in [-0.2, -0.15) is 0 Å². The van der Waals surface area contributed by atoms with Crippen LogP contribution in [0.1, 0.15) is 65.8 Å². The van der Waals surface area contributed by atoms with Crippen molar-refractivity contribution in [1.82, 2.24) is 14.8 Å². The van der Waals surface area contributed by atoms with Crippen LogP contribution in [0.4, 0.5) is 4.39 Å². The number of carbonyl (C=O) groups is 2. The van der Waals surface area contributed by atoms with Crippen molar-refractivity contribution in [3.63, 3.8) is 0 Å². The van der Waals surface area contributed by atoms with Gasteiger partial charge < -0.3 is 19.0 Å². The van der Waals surface area contributed by atoms with Crippen LogP contribution in [0.3, 0.4) is 0 Å². The van der Waals surface area contributed by atoms with E-state index >= 15 is 0 Å². The highest BCUT2D eigenvalue weighted by molar-refractivity contribution is 5.91. The van der Waals surface area contributed by atoms with Crippen LogP contribution in [0.15, 0.2) is 53.1 Å². The van der Waals surface area contributed by atoms with Gasteiger partial charge in [-0.15, -0.1) is 0 Å². The summed E-state index contributed by atoms with van der Waals surface area (Å²) in [6, 6.07) is 11.9. The number of aromatic nitrogens is 1. The predicted molar refractivity (Wildman–Crippen MR) is 131 cm³/mol. The van der Waals surface area contributed by atoms with Crippen molar-refractivity contribution >= 4 is 11.8 Å². The van der Waals surface area contributed by atoms with Crippen LogP contribution in [-0.2, 0) is 17.8 Å². The van der Waals surface area contributed by atoms with E-state index in [-0.39, 0.29) is 41.9 Å². The zero-order valence-electron chi connectivity index (χ0n) is 20.6. The van der Waals surface area contributed by atoms with E-state index in [4.69, 9.17) is 9.15 Å². The molecule has 188 valence electrons. The minimum absolute atomic E-state index is 0.0552. The van der Waals surface area contributed by atoms with Gasteiger partial charge in [-0.05, 0) is 74.1 Å². The van der Waals surface area contributed by atoms with Gasteiger partial charge in [0.25, 0.3) is 5.91 Å². The molecule has 1 atom stereocenters. The predicted octanol–water partition coefficient (Wildman–Crippen LogP) is 4.76. The lowest BCUT2D eigenvalue weighted by atomic mass is 9.87. The van der Waals surface area contributed by atoms with Gasteiger partial charge in [0, 0.05) is 25.6 Å². The average molecular weight is 492 g/mol. The first-order valence-corrected chi connectivity index (χ1v) is 12.5. The van der Waals surface area contributed by atoms with Crippen molar-refractivity contribution in [2.45, 2.75) is 45.8 Å². The first kappa shape index (κ1) is 24.0. The Morgan fingerprint density at radius 2 is 1.97 bits per heavy atom. The third-order valence-corrected chi connectivity index (χ3v) is 6.90. The van der Waals surface area contributed by atoms with Crippen LogP contribution in [0.25, 0.3) is 0 Å². The van der Waals surface area contributed by atoms with Gasteiger partial charge in [0.2, 0.25) is 11.8 Å². The number of hydrogen-bond acceptors (Lipinski definition) is 5. The molecule has 5 rings (SSSR count). The molecule has 8 heteroatoms. The number of nitrogens with zero attached hydrogens (tertiary/aromatic N) is 3. The minimum Gasteiger partial charge on any atom is -0.484 e. The molecule has 2 heterocycles. The number of hydrogen-bond donors (Lipinski definition) is 0. The van der Waals surface area contributed by atoms with Crippen molar-refractivity contribution in [3.05, 3.63) is 82.8 Å². The zero-order valence-corrected chi connectivity index (χ0v) is 20.6. The maximum Gasteiger partial charge on any atom is 0.275 e. The molecule has 36 heavy (non-hydrogen) atoms. The fourth-order valence-electron chi connectivity index (χ4n) is 4.81. The van der Waals surface area contributed by atoms with Crippen LogP contribution in [0, 0.1) is 11.7 Å². The van der Waals surface area contributed by atoms with Crippen molar-refractivity contribution in [1.29, 1.82) is 0 Å². The number of ether oxygens (including phenoxy) is 1. The van der Waals surface area contributed by atoms with Crippen LogP contribution >= 0.6 is 0 Å². The van der Waals surface area contributed by atoms with Gasteiger partial charge in [-0.3, -0.25) is 9.59 Å². The van der Waals surface area contributed by atoms with Gasteiger partial charge >= 0.3 is 0 Å². The molecule has 3 aromatic rings. The summed E-state index contributed by atoms with van der Waals surface area (Å²) in [5, 5.41) is 0. The Kier molecular flexibility index (Phi) is 6.76. The largest absolute Gasteiger partial charge is 0.484 e. The molecule has 7 nitrogen and oxygen atoms in total. The van der Waals surface area contributed by atoms with Crippen LogP contribution in [0.2, 0.25) is 0 Å². The third-order valence-electron chi connectivity index (χ3n) is 6.90. The second kappa shape index (κ2) is 10.1. The summed E-state index contributed by atoms with van der Waals surface area (Å²) in [5.74, 6) is 0.583. The van der Waals surface area contributed by atoms with E-state index in [1.807, 2.05) is 43.0 Å². The molecule has 0 N–H and O–H groups in total. The Morgan fingerprint density at radius 1 is 1.17 bits per heavy atom. The van der Waals surface area contributed by atoms with E-state index in [0.29, 0.717) is 31.3 Å². The number of benzene rings is 2. The highest BCUT2D eigenvalue weighted by Crippen LogP contribution is 2.41. The van der Waals surface area contributed by atoms with Gasteiger partial charge in [-0.1, -0.05) is 18.2 Å². The molecule has 0 bridgehead atoms. The maximum atomic E-state index is 14.2. The molecule has 1 aliphatic carbocycles. The average Bonchev–Trinajstić information content (AvgIpc) is 3.64. The second-order valence-corrected chi connectivity index (χ2v) is 9.27. The molecular weight excluding hydrogens is 461 g/mol. The van der Waals surface area contributed by atoms with Gasteiger partial charge in [0.1, 0.15) is 17.8 Å². The first-order valence-electron chi connectivity index (χ1n) is 12.5. The topological polar surface area (TPSA) is 75.9 Å². The Labute approximate surface area is 209 Å². The molecule has 1 fully saturated rings. The molecule has 1 saturated carbocycles. The standard InChI is InChI=1S/C28H30FN3O4/c1-3-31(4-2)28(34)24-16-36-25(30-24)17-35-22-11-10-18-12-13-32(27(33)19-8-9-19)26(23(18)15-22)20-6-5-7-21(29)14-20/h5-7,10-11,14-16,19,26H,3-4,8-9,12-13,17H2,1-2H3/t26-/m0/s1. The summed E-state index contributed by atoms with van der Waals surface area (Å²) in [7, 11) is 0. The summed E-state index contributed by atoms with van der Waals surface area (Å²) in [5.41, 5.74) is 3.04. The molecule has 1 aliphatic heterocycles. The van der Waals surface area contributed by atoms with Crippen molar-refractivity contribution < 1.29 is 23.1 Å². The lowest BCUT2D eigenvalue weighted by Crippen LogP contribution is -2.41. The molecule has 1 aromatic heterocycles. The zero-order chi connectivity index (χ0) is 25.2. The van der Waals surface area contributed by atoms with Crippen LogP contribution in [0.5, 0.6) is 5.75 Å². The highest BCUT2D eigenvalue weighted by Gasteiger charge is 2.39. The summed E-state index contributed by atoms with van der Waals surface area (Å²) in [4.78, 5) is 33.5. The second-order valence-electron chi connectivity index (χ2n) is 9.27. The molecule has 2 aliphatic rings. The van der Waals surface area contributed by atoms with E-state index in [1.165, 1.54) is 18.4 Å². The lowest BCUT2D eigenvalue weighted by molar-refractivity contribution is -0.134. The van der Waals surface area contributed by atoms with Crippen LogP contribution < -0.4 is 4.74 Å². The highest BCUT2D eigenvalue weighted by atomic mass is 19.1. The monoisotopic (exact) mass is 491 g/mol. The Hall–Kier alpha value is -3.68. The minimum atomic E-state index is -0.374. The quantitative estimate of drug-likeness (QED) is 0.454. The van der Waals surface area contributed by atoms with Gasteiger partial charge in [0.05, 0.1) is 6.04 Å². The van der Waals surface area contributed by atoms with Crippen molar-refractivity contribution in [2.24, 2.45) is 5.92 Å². The molecule has 0 spiro atoms. The van der Waals surface area contributed by atoms with Crippen LogP contribution in [-0.4, -0.2) is 46.2 Å². The molecule has 0 saturated heterocycles. The summed E-state index contributed by atoms with van der Waals surface area (Å²) >= 11 is 0. The SMILES string of the molecule is CCN(CC)C(=O)c1coc(COc2ccc3c(c2)[C@H](c2cccc(F)c2)N(C(=O)C2CC2)CC3)n1. The third kappa shape index (κ3) is 4.85. The number of amides is 2. The Balaban J connectivity index is 1.38. The first-order chi connectivity index (χ1) is 17.5. The summed E-state index contributed by atoms with van der Waals surface area (Å²) in [6.45, 7) is 5.67. The summed E-state index contributed by atoms with van der Waals surface area (Å²) < 4.78 is 25.6. The van der Waals surface area contributed by atoms with E-state index in [2.05, 4.69) is 4.98 Å². The number of rotatable bonds is 8. The molecule has 0 unspecified atom stereocenters. The van der Waals surface area contributed by atoms with Gasteiger partial charge in [-0.25, -0.2) is 9.37 Å². The Bertz CT molecular complexity index is 1270. The van der Waals surface area contributed by atoms with E-state index in [9.17, 15) is 14.0 Å².